The summed E-state index contributed by atoms with van der Waals surface area (Å²) in [5, 5.41) is 7.92. The van der Waals surface area contributed by atoms with E-state index in [1.54, 1.807) is 7.11 Å². The van der Waals surface area contributed by atoms with Gasteiger partial charge in [-0.3, -0.25) is 4.79 Å². The lowest BCUT2D eigenvalue weighted by Gasteiger charge is -2.33. The third-order valence-corrected chi connectivity index (χ3v) is 6.44. The van der Waals surface area contributed by atoms with Crippen LogP contribution in [0.1, 0.15) is 24.1 Å². The zero-order chi connectivity index (χ0) is 23.7. The number of nitrogens with zero attached hydrogens (tertiary/aromatic N) is 4. The van der Waals surface area contributed by atoms with Crippen molar-refractivity contribution >= 4 is 23.1 Å². The summed E-state index contributed by atoms with van der Waals surface area (Å²) >= 11 is 0. The lowest BCUT2D eigenvalue weighted by atomic mass is 9.95. The minimum atomic E-state index is -0.0414. The van der Waals surface area contributed by atoms with Gasteiger partial charge >= 0.3 is 0 Å². The molecule has 0 aliphatic carbocycles. The maximum absolute atomic E-state index is 12.9. The van der Waals surface area contributed by atoms with Crippen molar-refractivity contribution in [3.8, 4) is 17.0 Å². The predicted octanol–water partition coefficient (Wildman–Crippen LogP) is 4.88. The molecule has 4 aromatic rings. The Kier molecular flexibility index (Phi) is 5.92. The standard InChI is InChI=1S/C27H29N5O2/c1-18-8-10-20(11-9-18)23-17-25-28-19(2)16-26(32(25)30-23)31-14-12-21(13-15-31)27(33)29-22-6-4-5-7-24(22)34-3/h4-11,16-17,21H,12-15H2,1-3H3,(H,29,33). The fourth-order valence-corrected chi connectivity index (χ4v) is 4.52. The van der Waals surface area contributed by atoms with Crippen molar-refractivity contribution in [2.24, 2.45) is 5.92 Å². The molecule has 34 heavy (non-hydrogen) atoms. The van der Waals surface area contributed by atoms with Crippen molar-refractivity contribution in [3.05, 3.63) is 71.9 Å². The number of carbonyl (C=O) groups is 1. The number of benzene rings is 2. The number of para-hydroxylation sites is 2. The Bertz CT molecular complexity index is 1320. The van der Waals surface area contributed by atoms with Crippen LogP contribution >= 0.6 is 0 Å². The predicted molar refractivity (Wildman–Crippen MR) is 134 cm³/mol. The second-order valence-electron chi connectivity index (χ2n) is 8.87. The lowest BCUT2D eigenvalue weighted by Crippen LogP contribution is -2.39. The number of rotatable bonds is 5. The molecule has 2 aromatic heterocycles. The van der Waals surface area contributed by atoms with Crippen LogP contribution in [0.5, 0.6) is 5.75 Å². The van der Waals surface area contributed by atoms with Crippen molar-refractivity contribution in [2.75, 3.05) is 30.4 Å². The van der Waals surface area contributed by atoms with Crippen LogP contribution in [0.25, 0.3) is 16.9 Å². The van der Waals surface area contributed by atoms with Crippen LogP contribution < -0.4 is 15.0 Å². The Morgan fingerprint density at radius 2 is 1.76 bits per heavy atom. The number of nitrogens with one attached hydrogen (secondary N) is 1. The zero-order valence-electron chi connectivity index (χ0n) is 19.8. The lowest BCUT2D eigenvalue weighted by molar-refractivity contribution is -0.120. The number of carbonyl (C=O) groups excluding carboxylic acids is 1. The largest absolute Gasteiger partial charge is 0.495 e. The number of ether oxygens (including phenoxy) is 1. The van der Waals surface area contributed by atoms with Crippen molar-refractivity contribution < 1.29 is 9.53 Å². The van der Waals surface area contributed by atoms with Crippen molar-refractivity contribution in [2.45, 2.75) is 26.7 Å². The minimum absolute atomic E-state index is 0.0414. The third kappa shape index (κ3) is 4.33. The molecule has 2 aromatic carbocycles. The molecule has 3 heterocycles. The molecule has 1 saturated heterocycles. The van der Waals surface area contributed by atoms with Crippen LogP contribution in [0, 0.1) is 19.8 Å². The molecule has 0 bridgehead atoms. The quantitative estimate of drug-likeness (QED) is 0.465. The zero-order valence-corrected chi connectivity index (χ0v) is 19.8. The van der Waals surface area contributed by atoms with Gasteiger partial charge in [0.25, 0.3) is 0 Å². The maximum Gasteiger partial charge on any atom is 0.227 e. The highest BCUT2D eigenvalue weighted by Crippen LogP contribution is 2.29. The van der Waals surface area contributed by atoms with E-state index in [0.717, 1.165) is 54.3 Å². The van der Waals surface area contributed by atoms with Gasteiger partial charge in [0.1, 0.15) is 11.6 Å². The first kappa shape index (κ1) is 21.9. The highest BCUT2D eigenvalue weighted by Gasteiger charge is 2.27. The first-order valence-electron chi connectivity index (χ1n) is 11.6. The smallest absolute Gasteiger partial charge is 0.227 e. The van der Waals surface area contributed by atoms with Crippen LogP contribution in [0.3, 0.4) is 0 Å². The van der Waals surface area contributed by atoms with E-state index < -0.39 is 0 Å². The average Bonchev–Trinajstić information content (AvgIpc) is 3.28. The summed E-state index contributed by atoms with van der Waals surface area (Å²) in [5.74, 6) is 1.69. The monoisotopic (exact) mass is 455 g/mol. The van der Waals surface area contributed by atoms with E-state index in [-0.39, 0.29) is 11.8 Å². The van der Waals surface area contributed by atoms with Crippen molar-refractivity contribution in [1.29, 1.82) is 0 Å². The van der Waals surface area contributed by atoms with Crippen molar-refractivity contribution in [3.63, 3.8) is 0 Å². The van der Waals surface area contributed by atoms with Crippen LogP contribution in [-0.4, -0.2) is 40.7 Å². The SMILES string of the molecule is COc1ccccc1NC(=O)C1CCN(c2cc(C)nc3cc(-c4ccc(C)cc4)nn23)CC1. The normalized spacial score (nSPS) is 14.4. The molecule has 1 fully saturated rings. The second-order valence-corrected chi connectivity index (χ2v) is 8.87. The molecule has 7 heteroatoms. The molecule has 1 aliphatic rings. The minimum Gasteiger partial charge on any atom is -0.495 e. The number of methoxy groups -OCH3 is 1. The van der Waals surface area contributed by atoms with E-state index in [2.05, 4.69) is 47.5 Å². The van der Waals surface area contributed by atoms with Gasteiger partial charge in [0.15, 0.2) is 5.65 Å². The van der Waals surface area contributed by atoms with Crippen LogP contribution in [0.4, 0.5) is 11.5 Å². The Morgan fingerprint density at radius 1 is 1.03 bits per heavy atom. The van der Waals surface area contributed by atoms with Gasteiger partial charge in [-0.2, -0.15) is 9.61 Å². The molecule has 0 unspecified atom stereocenters. The fourth-order valence-electron chi connectivity index (χ4n) is 4.52. The topological polar surface area (TPSA) is 71.8 Å². The molecule has 1 aliphatic heterocycles. The number of aromatic nitrogens is 3. The van der Waals surface area contributed by atoms with Gasteiger partial charge in [0.05, 0.1) is 18.5 Å². The number of hydrogen-bond acceptors (Lipinski definition) is 5. The summed E-state index contributed by atoms with van der Waals surface area (Å²) in [4.78, 5) is 19.9. The first-order chi connectivity index (χ1) is 16.5. The molecule has 0 radical (unpaired) electrons. The summed E-state index contributed by atoms with van der Waals surface area (Å²) in [6.45, 7) is 5.65. The molecule has 5 rings (SSSR count). The summed E-state index contributed by atoms with van der Waals surface area (Å²) < 4.78 is 7.29. The first-order valence-corrected chi connectivity index (χ1v) is 11.6. The fraction of sp³-hybridized carbons (Fsp3) is 0.296. The number of piperidine rings is 1. The molecule has 0 saturated carbocycles. The third-order valence-electron chi connectivity index (χ3n) is 6.44. The highest BCUT2D eigenvalue weighted by atomic mass is 16.5. The van der Waals surface area contributed by atoms with Gasteiger partial charge in [-0.15, -0.1) is 0 Å². The summed E-state index contributed by atoms with van der Waals surface area (Å²) in [6, 6.07) is 20.0. The Hall–Kier alpha value is -3.87. The van der Waals surface area contributed by atoms with Gasteiger partial charge in [0.2, 0.25) is 5.91 Å². The number of aryl methyl sites for hydroxylation is 2. The van der Waals surface area contributed by atoms with Gasteiger partial charge in [-0.05, 0) is 38.8 Å². The Morgan fingerprint density at radius 3 is 2.50 bits per heavy atom. The van der Waals surface area contributed by atoms with Gasteiger partial charge in [-0.1, -0.05) is 42.0 Å². The Balaban J connectivity index is 1.33. The molecule has 0 spiro atoms. The number of anilines is 2. The summed E-state index contributed by atoms with van der Waals surface area (Å²) in [5.41, 5.74) is 5.70. The molecular weight excluding hydrogens is 426 g/mol. The molecule has 1 amide bonds. The Labute approximate surface area is 199 Å². The van der Waals surface area contributed by atoms with E-state index in [9.17, 15) is 4.79 Å². The van der Waals surface area contributed by atoms with Gasteiger partial charge in [-0.25, -0.2) is 4.98 Å². The highest BCUT2D eigenvalue weighted by molar-refractivity contribution is 5.94. The van der Waals surface area contributed by atoms with E-state index in [0.29, 0.717) is 11.4 Å². The molecule has 1 N–H and O–H groups in total. The molecule has 0 atom stereocenters. The van der Waals surface area contributed by atoms with E-state index in [1.807, 2.05) is 41.8 Å². The molecule has 7 nitrogen and oxygen atoms in total. The number of amides is 1. The second kappa shape index (κ2) is 9.17. The van der Waals surface area contributed by atoms with Gasteiger partial charge in [0, 0.05) is 42.4 Å². The number of fused-ring (bicyclic) bond motifs is 1. The summed E-state index contributed by atoms with van der Waals surface area (Å²) in [7, 11) is 1.61. The van der Waals surface area contributed by atoms with Crippen molar-refractivity contribution in [1.82, 2.24) is 14.6 Å². The average molecular weight is 456 g/mol. The van der Waals surface area contributed by atoms with Crippen LogP contribution in [-0.2, 0) is 4.79 Å². The van der Waals surface area contributed by atoms with E-state index in [1.165, 1.54) is 5.56 Å². The van der Waals surface area contributed by atoms with Gasteiger partial charge < -0.3 is 15.0 Å². The van der Waals surface area contributed by atoms with Crippen LogP contribution in [0.2, 0.25) is 0 Å². The molecular formula is C27H29N5O2. The van der Waals surface area contributed by atoms with E-state index in [4.69, 9.17) is 14.8 Å². The number of hydrogen-bond donors (Lipinski definition) is 1. The maximum atomic E-state index is 12.9. The van der Waals surface area contributed by atoms with E-state index >= 15 is 0 Å². The molecule has 174 valence electrons. The van der Waals surface area contributed by atoms with Crippen LogP contribution in [0.15, 0.2) is 60.7 Å². The summed E-state index contributed by atoms with van der Waals surface area (Å²) in [6.07, 6.45) is 1.55.